The normalized spacial score (nSPS) is 17.2. The van der Waals surface area contributed by atoms with E-state index in [9.17, 15) is 14.7 Å². The molecular formula is C26H30ClNO7. The van der Waals surface area contributed by atoms with Crippen molar-refractivity contribution in [2.24, 2.45) is 0 Å². The van der Waals surface area contributed by atoms with Crippen LogP contribution in [0.1, 0.15) is 37.4 Å². The third-order valence-electron chi connectivity index (χ3n) is 5.58. The number of methoxy groups -OCH3 is 3. The minimum atomic E-state index is -0.865. The summed E-state index contributed by atoms with van der Waals surface area (Å²) in [6, 6.07) is 9.03. The number of likely N-dealkylation sites (tertiary alicyclic amines) is 1. The van der Waals surface area contributed by atoms with E-state index in [0.717, 1.165) is 0 Å². The number of ketones is 1. The van der Waals surface area contributed by atoms with Crippen molar-refractivity contribution in [3.8, 4) is 17.2 Å². The second kappa shape index (κ2) is 11.5. The van der Waals surface area contributed by atoms with Gasteiger partial charge in [-0.05, 0) is 56.2 Å². The molecule has 3 rings (SSSR count). The first-order valence-corrected chi connectivity index (χ1v) is 11.6. The Balaban J connectivity index is 2.19. The Morgan fingerprint density at radius 2 is 1.80 bits per heavy atom. The summed E-state index contributed by atoms with van der Waals surface area (Å²) >= 11 is 6.35. The minimum Gasteiger partial charge on any atom is -0.507 e. The van der Waals surface area contributed by atoms with Crippen molar-refractivity contribution in [1.82, 2.24) is 4.90 Å². The van der Waals surface area contributed by atoms with E-state index in [1.807, 2.05) is 13.8 Å². The van der Waals surface area contributed by atoms with E-state index < -0.39 is 17.7 Å². The summed E-state index contributed by atoms with van der Waals surface area (Å²) < 4.78 is 21.7. The summed E-state index contributed by atoms with van der Waals surface area (Å²) in [6.07, 6.45) is 0.427. The van der Waals surface area contributed by atoms with Gasteiger partial charge < -0.3 is 29.0 Å². The first-order chi connectivity index (χ1) is 16.7. The van der Waals surface area contributed by atoms with Gasteiger partial charge in [-0.1, -0.05) is 17.7 Å². The lowest BCUT2D eigenvalue weighted by atomic mass is 9.94. The van der Waals surface area contributed by atoms with Gasteiger partial charge in [-0.25, -0.2) is 0 Å². The van der Waals surface area contributed by atoms with E-state index in [0.29, 0.717) is 35.8 Å². The zero-order valence-corrected chi connectivity index (χ0v) is 21.2. The lowest BCUT2D eigenvalue weighted by molar-refractivity contribution is -0.140. The highest BCUT2D eigenvalue weighted by atomic mass is 35.5. The molecule has 188 valence electrons. The van der Waals surface area contributed by atoms with Crippen molar-refractivity contribution >= 4 is 29.1 Å². The molecule has 1 saturated heterocycles. The molecule has 2 aromatic rings. The summed E-state index contributed by atoms with van der Waals surface area (Å²) in [5.74, 6) is -0.485. The number of rotatable bonds is 10. The standard InChI is InChI=1S/C26H30ClNO7/c1-15(2)35-20-10-7-16(13-21(20)34-5)23-22(25(30)26(31)28(23)11-6-12-32-3)24(29)18-14-17(33-4)8-9-19(18)27/h7-10,13-15,23,29H,6,11-12H2,1-5H3/b24-22+. The summed E-state index contributed by atoms with van der Waals surface area (Å²) in [5, 5.41) is 11.5. The molecule has 35 heavy (non-hydrogen) atoms. The van der Waals surface area contributed by atoms with Gasteiger partial charge >= 0.3 is 0 Å². The summed E-state index contributed by atoms with van der Waals surface area (Å²) in [5.41, 5.74) is 0.704. The summed E-state index contributed by atoms with van der Waals surface area (Å²) in [4.78, 5) is 27.7. The molecule has 1 atom stereocenters. The second-order valence-corrected chi connectivity index (χ2v) is 8.67. The fourth-order valence-corrected chi connectivity index (χ4v) is 4.21. The Labute approximate surface area is 210 Å². The average molecular weight is 504 g/mol. The van der Waals surface area contributed by atoms with Crippen molar-refractivity contribution in [1.29, 1.82) is 0 Å². The van der Waals surface area contributed by atoms with Crippen molar-refractivity contribution in [3.05, 3.63) is 58.1 Å². The molecule has 1 amide bonds. The summed E-state index contributed by atoms with van der Waals surface area (Å²) in [7, 11) is 4.56. The van der Waals surface area contributed by atoms with Gasteiger partial charge in [0.05, 0.1) is 37.0 Å². The maximum atomic E-state index is 13.2. The van der Waals surface area contributed by atoms with Crippen LogP contribution in [0.5, 0.6) is 17.2 Å². The van der Waals surface area contributed by atoms with Crippen LogP contribution in [-0.2, 0) is 14.3 Å². The fraction of sp³-hybridized carbons (Fsp3) is 0.385. The molecule has 1 aliphatic rings. The predicted molar refractivity (Wildman–Crippen MR) is 132 cm³/mol. The largest absolute Gasteiger partial charge is 0.507 e. The molecule has 1 unspecified atom stereocenters. The molecule has 1 fully saturated rings. The number of aliphatic hydroxyl groups is 1. The number of aliphatic hydroxyl groups excluding tert-OH is 1. The molecular weight excluding hydrogens is 474 g/mol. The molecule has 8 nitrogen and oxygen atoms in total. The van der Waals surface area contributed by atoms with Crippen molar-refractivity contribution in [3.63, 3.8) is 0 Å². The minimum absolute atomic E-state index is 0.0675. The van der Waals surface area contributed by atoms with Crippen LogP contribution < -0.4 is 14.2 Å². The number of Topliss-reactive ketones (excluding diaryl/α,β-unsaturated/α-hetero) is 1. The van der Waals surface area contributed by atoms with Crippen LogP contribution in [0.2, 0.25) is 5.02 Å². The number of hydrogen-bond donors (Lipinski definition) is 1. The summed E-state index contributed by atoms with van der Waals surface area (Å²) in [6.45, 7) is 4.45. The third-order valence-corrected chi connectivity index (χ3v) is 5.91. The molecule has 1 N–H and O–H groups in total. The van der Waals surface area contributed by atoms with E-state index in [1.165, 1.54) is 25.2 Å². The monoisotopic (exact) mass is 503 g/mol. The van der Waals surface area contributed by atoms with Gasteiger partial charge in [-0.2, -0.15) is 0 Å². The topological polar surface area (TPSA) is 94.5 Å². The smallest absolute Gasteiger partial charge is 0.295 e. The maximum absolute atomic E-state index is 13.2. The quantitative estimate of drug-likeness (QED) is 0.219. The van der Waals surface area contributed by atoms with Crippen molar-refractivity contribution in [2.75, 3.05) is 34.5 Å². The molecule has 0 bridgehead atoms. The fourth-order valence-electron chi connectivity index (χ4n) is 4.00. The highest BCUT2D eigenvalue weighted by molar-refractivity contribution is 6.47. The van der Waals surface area contributed by atoms with Gasteiger partial charge in [0, 0.05) is 25.8 Å². The van der Waals surface area contributed by atoms with E-state index in [1.54, 1.807) is 37.4 Å². The maximum Gasteiger partial charge on any atom is 0.295 e. The Morgan fingerprint density at radius 3 is 2.43 bits per heavy atom. The molecule has 0 saturated carbocycles. The lowest BCUT2D eigenvalue weighted by Crippen LogP contribution is -2.31. The van der Waals surface area contributed by atoms with Crippen LogP contribution in [0.4, 0.5) is 0 Å². The Bertz CT molecular complexity index is 1130. The SMILES string of the molecule is COCCCN1C(=O)C(=O)/C(=C(/O)c2cc(OC)ccc2Cl)C1c1ccc(OC(C)C)c(OC)c1. The van der Waals surface area contributed by atoms with E-state index >= 15 is 0 Å². The molecule has 2 aromatic carbocycles. The van der Waals surface area contributed by atoms with Gasteiger partial charge in [0.15, 0.2) is 11.5 Å². The van der Waals surface area contributed by atoms with Gasteiger partial charge in [0.25, 0.3) is 11.7 Å². The Kier molecular flexibility index (Phi) is 8.64. The van der Waals surface area contributed by atoms with Gasteiger partial charge in [-0.15, -0.1) is 0 Å². The number of ether oxygens (including phenoxy) is 4. The lowest BCUT2D eigenvalue weighted by Gasteiger charge is -2.26. The zero-order valence-electron chi connectivity index (χ0n) is 20.5. The van der Waals surface area contributed by atoms with E-state index in [2.05, 4.69) is 0 Å². The van der Waals surface area contributed by atoms with Gasteiger partial charge in [-0.3, -0.25) is 9.59 Å². The van der Waals surface area contributed by atoms with Crippen LogP contribution in [-0.4, -0.2) is 62.3 Å². The number of carbonyl (C=O) groups is 2. The number of hydrogen-bond acceptors (Lipinski definition) is 7. The third kappa shape index (κ3) is 5.55. The van der Waals surface area contributed by atoms with Crippen LogP contribution >= 0.6 is 11.6 Å². The van der Waals surface area contributed by atoms with Gasteiger partial charge in [0.1, 0.15) is 11.5 Å². The van der Waals surface area contributed by atoms with Gasteiger partial charge in [0.2, 0.25) is 0 Å². The number of benzene rings is 2. The molecule has 0 aliphatic carbocycles. The van der Waals surface area contributed by atoms with Crippen molar-refractivity contribution in [2.45, 2.75) is 32.4 Å². The number of halogens is 1. The Hall–Kier alpha value is -3.23. The van der Waals surface area contributed by atoms with Crippen LogP contribution in [0.25, 0.3) is 5.76 Å². The first-order valence-electron chi connectivity index (χ1n) is 11.2. The van der Waals surface area contributed by atoms with Crippen LogP contribution in [0.3, 0.4) is 0 Å². The number of nitrogens with zero attached hydrogens (tertiary/aromatic N) is 1. The molecule has 1 aliphatic heterocycles. The molecule has 9 heteroatoms. The second-order valence-electron chi connectivity index (χ2n) is 8.26. The number of carbonyl (C=O) groups excluding carboxylic acids is 2. The van der Waals surface area contributed by atoms with Crippen LogP contribution in [0, 0.1) is 0 Å². The zero-order chi connectivity index (χ0) is 25.7. The number of amides is 1. The van der Waals surface area contributed by atoms with E-state index in [-0.39, 0.29) is 34.6 Å². The molecule has 1 heterocycles. The molecule has 0 spiro atoms. The first kappa shape index (κ1) is 26.4. The predicted octanol–water partition coefficient (Wildman–Crippen LogP) is 4.60. The van der Waals surface area contributed by atoms with E-state index in [4.69, 9.17) is 30.5 Å². The van der Waals surface area contributed by atoms with Crippen molar-refractivity contribution < 1.29 is 33.6 Å². The highest BCUT2D eigenvalue weighted by Crippen LogP contribution is 2.43. The van der Waals surface area contributed by atoms with Crippen LogP contribution in [0.15, 0.2) is 42.0 Å². The molecule has 0 aromatic heterocycles. The molecule has 0 radical (unpaired) electrons. The highest BCUT2D eigenvalue weighted by Gasteiger charge is 2.46. The Morgan fingerprint density at radius 1 is 1.06 bits per heavy atom. The average Bonchev–Trinajstić information content (AvgIpc) is 3.09.